The average Bonchev–Trinajstić information content (AvgIpc) is 2.68. The van der Waals surface area contributed by atoms with Crippen molar-refractivity contribution in [2.24, 2.45) is 5.73 Å². The Labute approximate surface area is 96.1 Å². The molecule has 1 aromatic heterocycles. The van der Waals surface area contributed by atoms with Gasteiger partial charge in [0.1, 0.15) is 5.76 Å². The van der Waals surface area contributed by atoms with Crippen molar-refractivity contribution in [3.8, 4) is 0 Å². The minimum atomic E-state index is -0.171. The molecular formula is C14H17NO. The van der Waals surface area contributed by atoms with Gasteiger partial charge in [0, 0.05) is 0 Å². The van der Waals surface area contributed by atoms with Gasteiger partial charge in [-0.25, -0.2) is 0 Å². The Morgan fingerprint density at radius 3 is 2.44 bits per heavy atom. The van der Waals surface area contributed by atoms with Gasteiger partial charge >= 0.3 is 0 Å². The highest BCUT2D eigenvalue weighted by Crippen LogP contribution is 2.26. The van der Waals surface area contributed by atoms with Gasteiger partial charge in [0.15, 0.2) is 0 Å². The topological polar surface area (TPSA) is 39.2 Å². The van der Waals surface area contributed by atoms with E-state index in [4.69, 9.17) is 10.2 Å². The minimum Gasteiger partial charge on any atom is -0.467 e. The molecule has 0 aliphatic rings. The highest BCUT2D eigenvalue weighted by Gasteiger charge is 2.16. The molecule has 0 amide bonds. The van der Waals surface area contributed by atoms with Crippen molar-refractivity contribution < 1.29 is 4.42 Å². The van der Waals surface area contributed by atoms with E-state index in [1.54, 1.807) is 6.26 Å². The highest BCUT2D eigenvalue weighted by atomic mass is 16.3. The monoisotopic (exact) mass is 215 g/mol. The van der Waals surface area contributed by atoms with E-state index in [2.05, 4.69) is 26.0 Å². The first-order chi connectivity index (χ1) is 7.61. The van der Waals surface area contributed by atoms with Crippen molar-refractivity contribution in [2.75, 3.05) is 0 Å². The third-order valence-electron chi connectivity index (χ3n) is 3.17. The Hall–Kier alpha value is -1.54. The fourth-order valence-electron chi connectivity index (χ4n) is 1.95. The third-order valence-corrected chi connectivity index (χ3v) is 3.17. The smallest absolute Gasteiger partial charge is 0.127 e. The van der Waals surface area contributed by atoms with Crippen LogP contribution in [0.4, 0.5) is 0 Å². The van der Waals surface area contributed by atoms with E-state index < -0.39 is 0 Å². The van der Waals surface area contributed by atoms with E-state index in [9.17, 15) is 0 Å². The van der Waals surface area contributed by atoms with Crippen molar-refractivity contribution in [2.45, 2.75) is 26.8 Å². The molecule has 2 nitrogen and oxygen atoms in total. The zero-order chi connectivity index (χ0) is 11.7. The molecule has 16 heavy (non-hydrogen) atoms. The van der Waals surface area contributed by atoms with Gasteiger partial charge in [-0.2, -0.15) is 0 Å². The molecule has 0 saturated carbocycles. The quantitative estimate of drug-likeness (QED) is 0.835. The summed E-state index contributed by atoms with van der Waals surface area (Å²) in [6.45, 7) is 6.22. The van der Waals surface area contributed by atoms with E-state index in [1.807, 2.05) is 19.1 Å². The lowest BCUT2D eigenvalue weighted by Gasteiger charge is -2.15. The number of rotatable bonds is 2. The van der Waals surface area contributed by atoms with Crippen molar-refractivity contribution in [3.05, 3.63) is 58.5 Å². The van der Waals surface area contributed by atoms with Crippen LogP contribution in [0.15, 0.2) is 34.9 Å². The van der Waals surface area contributed by atoms with Gasteiger partial charge in [-0.15, -0.1) is 0 Å². The fraction of sp³-hybridized carbons (Fsp3) is 0.286. The molecule has 0 aliphatic carbocycles. The maximum atomic E-state index is 6.24. The van der Waals surface area contributed by atoms with Gasteiger partial charge < -0.3 is 10.2 Å². The standard InChI is InChI=1S/C14H17NO/c1-9-5-4-6-12(11(9)3)13(15)14-10(2)7-8-16-14/h4-8,13H,15H2,1-3H3. The number of hydrogen-bond acceptors (Lipinski definition) is 2. The summed E-state index contributed by atoms with van der Waals surface area (Å²) in [7, 11) is 0. The van der Waals surface area contributed by atoms with Gasteiger partial charge in [0.25, 0.3) is 0 Å². The van der Waals surface area contributed by atoms with Gasteiger partial charge in [-0.05, 0) is 49.1 Å². The molecule has 2 heteroatoms. The molecule has 1 unspecified atom stereocenters. The number of hydrogen-bond donors (Lipinski definition) is 1. The van der Waals surface area contributed by atoms with Crippen LogP contribution in [0.3, 0.4) is 0 Å². The molecule has 84 valence electrons. The molecule has 2 aromatic rings. The molecule has 0 bridgehead atoms. The van der Waals surface area contributed by atoms with E-state index in [1.165, 1.54) is 11.1 Å². The molecule has 2 rings (SSSR count). The summed E-state index contributed by atoms with van der Waals surface area (Å²) in [5.41, 5.74) is 11.0. The van der Waals surface area contributed by atoms with Crippen molar-refractivity contribution in [1.82, 2.24) is 0 Å². The lowest BCUT2D eigenvalue weighted by atomic mass is 9.95. The maximum Gasteiger partial charge on any atom is 0.127 e. The molecule has 0 saturated heterocycles. The van der Waals surface area contributed by atoms with Crippen molar-refractivity contribution in [1.29, 1.82) is 0 Å². The second-order valence-corrected chi connectivity index (χ2v) is 4.23. The second kappa shape index (κ2) is 4.14. The first kappa shape index (κ1) is 11.0. The maximum absolute atomic E-state index is 6.24. The Bertz CT molecular complexity index is 499. The third kappa shape index (κ3) is 1.76. The molecule has 1 heterocycles. The van der Waals surface area contributed by atoms with Gasteiger partial charge in [0.05, 0.1) is 12.3 Å². The van der Waals surface area contributed by atoms with Gasteiger partial charge in [-0.3, -0.25) is 0 Å². The van der Waals surface area contributed by atoms with Crippen LogP contribution >= 0.6 is 0 Å². The molecule has 0 spiro atoms. The van der Waals surface area contributed by atoms with Crippen LogP contribution in [-0.2, 0) is 0 Å². The van der Waals surface area contributed by atoms with Crippen molar-refractivity contribution in [3.63, 3.8) is 0 Å². The second-order valence-electron chi connectivity index (χ2n) is 4.23. The summed E-state index contributed by atoms with van der Waals surface area (Å²) in [6, 6.07) is 7.97. The highest BCUT2D eigenvalue weighted by molar-refractivity contribution is 5.39. The zero-order valence-corrected chi connectivity index (χ0v) is 9.95. The SMILES string of the molecule is Cc1ccoc1C(N)c1cccc(C)c1C. The van der Waals surface area contributed by atoms with Crippen LogP contribution in [-0.4, -0.2) is 0 Å². The van der Waals surface area contributed by atoms with E-state index in [0.29, 0.717) is 0 Å². The summed E-state index contributed by atoms with van der Waals surface area (Å²) in [5.74, 6) is 0.855. The van der Waals surface area contributed by atoms with Crippen LogP contribution in [0.1, 0.15) is 34.1 Å². The van der Waals surface area contributed by atoms with Gasteiger partial charge in [-0.1, -0.05) is 18.2 Å². The lowest BCUT2D eigenvalue weighted by Crippen LogP contribution is -2.13. The molecular weight excluding hydrogens is 198 g/mol. The summed E-state index contributed by atoms with van der Waals surface area (Å²) in [4.78, 5) is 0. The molecule has 0 aliphatic heterocycles. The first-order valence-electron chi connectivity index (χ1n) is 5.47. The summed E-state index contributed by atoms with van der Waals surface area (Å²) in [5, 5.41) is 0. The fourth-order valence-corrected chi connectivity index (χ4v) is 1.95. The van der Waals surface area contributed by atoms with Crippen LogP contribution < -0.4 is 5.73 Å². The Morgan fingerprint density at radius 2 is 1.81 bits per heavy atom. The van der Waals surface area contributed by atoms with Crippen LogP contribution in [0.5, 0.6) is 0 Å². The summed E-state index contributed by atoms with van der Waals surface area (Å²) < 4.78 is 5.45. The lowest BCUT2D eigenvalue weighted by molar-refractivity contribution is 0.486. The summed E-state index contributed by atoms with van der Waals surface area (Å²) in [6.07, 6.45) is 1.69. The summed E-state index contributed by atoms with van der Waals surface area (Å²) >= 11 is 0. The number of aryl methyl sites for hydroxylation is 2. The molecule has 0 radical (unpaired) electrons. The normalized spacial score (nSPS) is 12.8. The molecule has 1 atom stereocenters. The van der Waals surface area contributed by atoms with Gasteiger partial charge in [0.2, 0.25) is 0 Å². The van der Waals surface area contributed by atoms with E-state index in [-0.39, 0.29) is 6.04 Å². The number of benzene rings is 1. The van der Waals surface area contributed by atoms with E-state index in [0.717, 1.165) is 16.9 Å². The number of nitrogens with two attached hydrogens (primary N) is 1. The largest absolute Gasteiger partial charge is 0.467 e. The van der Waals surface area contributed by atoms with Crippen LogP contribution in [0, 0.1) is 20.8 Å². The minimum absolute atomic E-state index is 0.171. The van der Waals surface area contributed by atoms with Crippen LogP contribution in [0.2, 0.25) is 0 Å². The zero-order valence-electron chi connectivity index (χ0n) is 9.95. The Kier molecular flexibility index (Phi) is 2.84. The Morgan fingerprint density at radius 1 is 1.06 bits per heavy atom. The molecule has 2 N–H and O–H groups in total. The molecule has 0 fully saturated rings. The molecule has 1 aromatic carbocycles. The first-order valence-corrected chi connectivity index (χ1v) is 5.47. The van der Waals surface area contributed by atoms with E-state index >= 15 is 0 Å². The van der Waals surface area contributed by atoms with Crippen LogP contribution in [0.25, 0.3) is 0 Å². The predicted octanol–water partition coefficient (Wildman–Crippen LogP) is 3.25. The average molecular weight is 215 g/mol. The number of furan rings is 1. The van der Waals surface area contributed by atoms with Crippen molar-refractivity contribution >= 4 is 0 Å². The predicted molar refractivity (Wildman–Crippen MR) is 65.4 cm³/mol. The Balaban J connectivity index is 2.46.